The monoisotopic (exact) mass is 402 g/mol. The first-order valence-corrected chi connectivity index (χ1v) is 9.82. The summed E-state index contributed by atoms with van der Waals surface area (Å²) in [6.45, 7) is 5.47. The van der Waals surface area contributed by atoms with Crippen molar-refractivity contribution in [3.05, 3.63) is 70.7 Å². The summed E-state index contributed by atoms with van der Waals surface area (Å²) in [5.74, 6) is -0.375. The second-order valence-corrected chi connectivity index (χ2v) is 6.86. The van der Waals surface area contributed by atoms with Crippen LogP contribution in [0.2, 0.25) is 5.02 Å². The molecule has 1 unspecified atom stereocenters. The van der Waals surface area contributed by atoms with E-state index < -0.39 is 6.04 Å². The molecule has 0 aliphatic carbocycles. The summed E-state index contributed by atoms with van der Waals surface area (Å²) in [5, 5.41) is 3.57. The summed E-state index contributed by atoms with van der Waals surface area (Å²) in [7, 11) is 0. The van der Waals surface area contributed by atoms with Gasteiger partial charge in [-0.25, -0.2) is 0 Å². The molecule has 2 aromatic rings. The van der Waals surface area contributed by atoms with Crippen molar-refractivity contribution in [1.29, 1.82) is 0 Å². The molecule has 0 saturated carbocycles. The molecular formula is C22H27ClN2O3. The van der Waals surface area contributed by atoms with Crippen LogP contribution < -0.4 is 5.32 Å². The highest BCUT2D eigenvalue weighted by Crippen LogP contribution is 2.24. The number of carbonyl (C=O) groups is 2. The number of rotatable bonds is 10. The van der Waals surface area contributed by atoms with E-state index in [9.17, 15) is 9.59 Å². The predicted molar refractivity (Wildman–Crippen MR) is 111 cm³/mol. The summed E-state index contributed by atoms with van der Waals surface area (Å²) < 4.78 is 5.31. The van der Waals surface area contributed by atoms with Crippen molar-refractivity contribution in [3.8, 4) is 0 Å². The van der Waals surface area contributed by atoms with Crippen LogP contribution in [0.1, 0.15) is 37.4 Å². The fourth-order valence-electron chi connectivity index (χ4n) is 2.91. The van der Waals surface area contributed by atoms with Gasteiger partial charge in [-0.3, -0.25) is 9.59 Å². The molecule has 6 heteroatoms. The first-order chi connectivity index (χ1) is 13.5. The Hall–Kier alpha value is -2.37. The molecule has 0 radical (unpaired) electrons. The molecule has 0 aromatic heterocycles. The molecule has 1 N–H and O–H groups in total. The Balaban J connectivity index is 2.20. The van der Waals surface area contributed by atoms with E-state index in [1.54, 1.807) is 17.0 Å². The molecule has 28 heavy (non-hydrogen) atoms. The number of hydrogen-bond acceptors (Lipinski definition) is 3. The molecule has 0 aliphatic heterocycles. The van der Waals surface area contributed by atoms with Gasteiger partial charge in [0.05, 0.1) is 0 Å². The van der Waals surface area contributed by atoms with Crippen LogP contribution >= 0.6 is 11.6 Å². The van der Waals surface area contributed by atoms with Crippen LogP contribution in [0.3, 0.4) is 0 Å². The fourth-order valence-corrected chi connectivity index (χ4v) is 3.03. The van der Waals surface area contributed by atoms with Gasteiger partial charge in [0.25, 0.3) is 0 Å². The Labute approximate surface area is 171 Å². The van der Waals surface area contributed by atoms with E-state index in [-0.39, 0.29) is 11.8 Å². The van der Waals surface area contributed by atoms with Crippen molar-refractivity contribution >= 4 is 23.4 Å². The summed E-state index contributed by atoms with van der Waals surface area (Å²) in [6, 6.07) is 15.9. The minimum absolute atomic E-state index is 0.173. The predicted octanol–water partition coefficient (Wildman–Crippen LogP) is 3.97. The van der Waals surface area contributed by atoms with Crippen LogP contribution in [0.4, 0.5) is 0 Å². The number of nitrogens with one attached hydrogen (secondary N) is 1. The molecule has 150 valence electrons. The maximum Gasteiger partial charge on any atom is 0.247 e. The summed E-state index contributed by atoms with van der Waals surface area (Å²) >= 11 is 5.96. The number of nitrogens with zero attached hydrogens (tertiary/aromatic N) is 1. The van der Waals surface area contributed by atoms with Crippen LogP contribution in [0.5, 0.6) is 0 Å². The normalized spacial score (nSPS) is 11.7. The zero-order valence-corrected chi connectivity index (χ0v) is 17.1. The van der Waals surface area contributed by atoms with Crippen molar-refractivity contribution < 1.29 is 14.3 Å². The molecule has 0 bridgehead atoms. The largest absolute Gasteiger partial charge is 0.382 e. The third-order valence-electron chi connectivity index (χ3n) is 4.31. The van der Waals surface area contributed by atoms with Gasteiger partial charge in [-0.05, 0) is 36.6 Å². The Bertz CT molecular complexity index is 750. The van der Waals surface area contributed by atoms with E-state index in [2.05, 4.69) is 5.32 Å². The van der Waals surface area contributed by atoms with Crippen LogP contribution in [0.25, 0.3) is 0 Å². The summed E-state index contributed by atoms with van der Waals surface area (Å²) in [5.41, 5.74) is 1.68. The Kier molecular flexibility index (Phi) is 8.98. The van der Waals surface area contributed by atoms with Gasteiger partial charge in [0.2, 0.25) is 11.8 Å². The fraction of sp³-hybridized carbons (Fsp3) is 0.364. The van der Waals surface area contributed by atoms with Crippen molar-refractivity contribution in [2.24, 2.45) is 0 Å². The van der Waals surface area contributed by atoms with Gasteiger partial charge in [0, 0.05) is 38.2 Å². The molecular weight excluding hydrogens is 376 g/mol. The molecule has 2 rings (SSSR count). The lowest BCUT2D eigenvalue weighted by molar-refractivity contribution is -0.140. The Morgan fingerprint density at radius 2 is 1.79 bits per heavy atom. The van der Waals surface area contributed by atoms with E-state index in [1.807, 2.05) is 49.4 Å². The van der Waals surface area contributed by atoms with E-state index in [4.69, 9.17) is 16.3 Å². The van der Waals surface area contributed by atoms with Crippen LogP contribution in [0, 0.1) is 0 Å². The summed E-state index contributed by atoms with van der Waals surface area (Å²) in [6.07, 6.45) is 0.721. The molecule has 1 atom stereocenters. The number of amides is 2. The molecule has 0 fully saturated rings. The first-order valence-electron chi connectivity index (χ1n) is 9.45. The van der Waals surface area contributed by atoms with Crippen LogP contribution in [-0.4, -0.2) is 36.5 Å². The van der Waals surface area contributed by atoms with Crippen molar-refractivity contribution in [2.75, 3.05) is 19.8 Å². The second-order valence-electron chi connectivity index (χ2n) is 6.43. The molecule has 0 saturated heterocycles. The quantitative estimate of drug-likeness (QED) is 0.611. The molecule has 5 nitrogen and oxygen atoms in total. The number of ether oxygens (including phenoxy) is 1. The van der Waals surface area contributed by atoms with Gasteiger partial charge >= 0.3 is 0 Å². The third-order valence-corrected chi connectivity index (χ3v) is 4.57. The molecule has 0 heterocycles. The lowest BCUT2D eigenvalue weighted by Crippen LogP contribution is -2.43. The van der Waals surface area contributed by atoms with E-state index >= 15 is 0 Å². The molecule has 0 aliphatic rings. The van der Waals surface area contributed by atoms with E-state index in [0.717, 1.165) is 17.5 Å². The number of halogens is 1. The van der Waals surface area contributed by atoms with Crippen molar-refractivity contribution in [1.82, 2.24) is 10.2 Å². The highest BCUT2D eigenvalue weighted by atomic mass is 35.5. The highest BCUT2D eigenvalue weighted by molar-refractivity contribution is 6.30. The van der Waals surface area contributed by atoms with Gasteiger partial charge < -0.3 is 15.0 Å². The average molecular weight is 403 g/mol. The average Bonchev–Trinajstić information content (AvgIpc) is 2.69. The third kappa shape index (κ3) is 6.66. The first kappa shape index (κ1) is 21.9. The number of benzene rings is 2. The van der Waals surface area contributed by atoms with E-state index in [1.165, 1.54) is 6.92 Å². The minimum atomic E-state index is -0.707. The SMILES string of the molecule is CCOCCCNC(=O)C(c1ccccc1)N(Cc1ccc(Cl)cc1)C(C)=O. The Morgan fingerprint density at radius 1 is 1.11 bits per heavy atom. The zero-order chi connectivity index (χ0) is 20.4. The molecule has 2 aromatic carbocycles. The number of carbonyl (C=O) groups excluding carboxylic acids is 2. The highest BCUT2D eigenvalue weighted by Gasteiger charge is 2.29. The standard InChI is InChI=1S/C22H27ClN2O3/c1-3-28-15-7-14-24-22(27)21(19-8-5-4-6-9-19)25(17(2)26)16-18-10-12-20(23)13-11-18/h4-6,8-13,21H,3,7,14-16H2,1-2H3,(H,24,27). The maximum atomic E-state index is 13.0. The maximum absolute atomic E-state index is 13.0. The van der Waals surface area contributed by atoms with Gasteiger partial charge in [-0.1, -0.05) is 54.1 Å². The molecule has 0 spiro atoms. The van der Waals surface area contributed by atoms with Gasteiger partial charge in [0.1, 0.15) is 6.04 Å². The van der Waals surface area contributed by atoms with Gasteiger partial charge in [-0.15, -0.1) is 0 Å². The topological polar surface area (TPSA) is 58.6 Å². The number of hydrogen-bond donors (Lipinski definition) is 1. The summed E-state index contributed by atoms with van der Waals surface area (Å²) in [4.78, 5) is 27.0. The minimum Gasteiger partial charge on any atom is -0.382 e. The second kappa shape index (κ2) is 11.5. The van der Waals surface area contributed by atoms with Crippen LogP contribution in [0.15, 0.2) is 54.6 Å². The van der Waals surface area contributed by atoms with Gasteiger partial charge in [0.15, 0.2) is 0 Å². The van der Waals surface area contributed by atoms with E-state index in [0.29, 0.717) is 31.3 Å². The zero-order valence-electron chi connectivity index (χ0n) is 16.4. The molecule has 2 amide bonds. The van der Waals surface area contributed by atoms with Crippen molar-refractivity contribution in [2.45, 2.75) is 32.9 Å². The Morgan fingerprint density at radius 3 is 2.39 bits per heavy atom. The lowest BCUT2D eigenvalue weighted by atomic mass is 10.0. The van der Waals surface area contributed by atoms with Gasteiger partial charge in [-0.2, -0.15) is 0 Å². The lowest BCUT2D eigenvalue weighted by Gasteiger charge is -2.30. The van der Waals surface area contributed by atoms with Crippen LogP contribution in [-0.2, 0) is 20.9 Å². The smallest absolute Gasteiger partial charge is 0.247 e. The van der Waals surface area contributed by atoms with Crippen molar-refractivity contribution in [3.63, 3.8) is 0 Å².